The Hall–Kier alpha value is -1.04. The van der Waals surface area contributed by atoms with Crippen molar-refractivity contribution in [1.82, 2.24) is 4.90 Å². The second-order valence-electron chi connectivity index (χ2n) is 4.28. The van der Waals surface area contributed by atoms with Crippen LogP contribution < -0.4 is 0 Å². The Bertz CT molecular complexity index is 291. The van der Waals surface area contributed by atoms with Gasteiger partial charge in [0.05, 0.1) is 11.8 Å². The van der Waals surface area contributed by atoms with Gasteiger partial charge in [0.2, 0.25) is 0 Å². The maximum atomic E-state index is 12.6. The third-order valence-corrected chi connectivity index (χ3v) is 3.02. The minimum Gasteiger partial charge on any atom is -0.481 e. The fraction of sp³-hybridized carbons (Fsp3) is 0.727. The molecule has 0 amide bonds. The molecule has 1 N–H and O–H groups in total. The summed E-state index contributed by atoms with van der Waals surface area (Å²) in [4.78, 5) is 12.4. The van der Waals surface area contributed by atoms with Crippen LogP contribution in [-0.4, -0.2) is 41.8 Å². The third kappa shape index (κ3) is 3.73. The molecule has 0 bridgehead atoms. The standard InChI is InChI=1S/C11H16F3NO2/c1-2-3-4-5-15-6-8(10(16)17)9(7-15)11(12,13)14/h2,8-9H,1,3-7H2,(H,16,17)/t8-,9-/m1/s1. The van der Waals surface area contributed by atoms with E-state index in [0.29, 0.717) is 13.0 Å². The zero-order valence-corrected chi connectivity index (χ0v) is 9.41. The molecule has 1 aliphatic rings. The Morgan fingerprint density at radius 1 is 1.47 bits per heavy atom. The number of aliphatic carboxylic acids is 1. The van der Waals surface area contributed by atoms with Crippen molar-refractivity contribution in [3.63, 3.8) is 0 Å². The Morgan fingerprint density at radius 2 is 2.12 bits per heavy atom. The topological polar surface area (TPSA) is 40.5 Å². The van der Waals surface area contributed by atoms with Crippen molar-refractivity contribution in [2.24, 2.45) is 11.8 Å². The Morgan fingerprint density at radius 3 is 2.53 bits per heavy atom. The van der Waals surface area contributed by atoms with E-state index in [0.717, 1.165) is 6.42 Å². The van der Waals surface area contributed by atoms with Crippen LogP contribution in [0.4, 0.5) is 13.2 Å². The molecule has 0 aromatic heterocycles. The number of rotatable bonds is 5. The van der Waals surface area contributed by atoms with Crippen molar-refractivity contribution in [2.45, 2.75) is 19.0 Å². The average Bonchev–Trinajstić information content (AvgIpc) is 2.62. The highest BCUT2D eigenvalue weighted by Gasteiger charge is 2.52. The van der Waals surface area contributed by atoms with Crippen molar-refractivity contribution in [3.05, 3.63) is 12.7 Å². The predicted octanol–water partition coefficient (Wildman–Crippen LogP) is 2.15. The van der Waals surface area contributed by atoms with Gasteiger partial charge in [0, 0.05) is 13.1 Å². The first-order valence-electron chi connectivity index (χ1n) is 5.49. The fourth-order valence-corrected chi connectivity index (χ4v) is 2.11. The first-order chi connectivity index (χ1) is 7.86. The van der Waals surface area contributed by atoms with E-state index in [9.17, 15) is 18.0 Å². The summed E-state index contributed by atoms with van der Waals surface area (Å²) in [7, 11) is 0. The van der Waals surface area contributed by atoms with Gasteiger partial charge in [-0.25, -0.2) is 0 Å². The van der Waals surface area contributed by atoms with Crippen molar-refractivity contribution in [3.8, 4) is 0 Å². The van der Waals surface area contributed by atoms with Crippen LogP contribution in [0.3, 0.4) is 0 Å². The van der Waals surface area contributed by atoms with Crippen LogP contribution in [0.15, 0.2) is 12.7 Å². The van der Waals surface area contributed by atoms with Crippen molar-refractivity contribution in [1.29, 1.82) is 0 Å². The van der Waals surface area contributed by atoms with E-state index in [2.05, 4.69) is 6.58 Å². The summed E-state index contributed by atoms with van der Waals surface area (Å²) < 4.78 is 37.9. The molecule has 1 fully saturated rings. The lowest BCUT2D eigenvalue weighted by atomic mass is 9.96. The first kappa shape index (κ1) is 14.0. The van der Waals surface area contributed by atoms with Crippen molar-refractivity contribution < 1.29 is 23.1 Å². The first-order valence-corrected chi connectivity index (χ1v) is 5.49. The highest BCUT2D eigenvalue weighted by Crippen LogP contribution is 2.37. The molecule has 0 aromatic carbocycles. The number of hydrogen-bond acceptors (Lipinski definition) is 2. The van der Waals surface area contributed by atoms with Gasteiger partial charge >= 0.3 is 12.1 Å². The van der Waals surface area contributed by atoms with Gasteiger partial charge in [-0.05, 0) is 19.4 Å². The van der Waals surface area contributed by atoms with E-state index < -0.39 is 24.0 Å². The van der Waals surface area contributed by atoms with Gasteiger partial charge in [0.25, 0.3) is 0 Å². The van der Waals surface area contributed by atoms with E-state index in [4.69, 9.17) is 5.11 Å². The lowest BCUT2D eigenvalue weighted by Crippen LogP contribution is -2.33. The third-order valence-electron chi connectivity index (χ3n) is 3.02. The van der Waals surface area contributed by atoms with Gasteiger partial charge in [-0.15, -0.1) is 6.58 Å². The molecular formula is C11H16F3NO2. The number of alkyl halides is 3. The summed E-state index contributed by atoms with van der Waals surface area (Å²) >= 11 is 0. The second kappa shape index (κ2) is 5.53. The summed E-state index contributed by atoms with van der Waals surface area (Å²) in [6, 6.07) is 0. The quantitative estimate of drug-likeness (QED) is 0.601. The van der Waals surface area contributed by atoms with Gasteiger partial charge < -0.3 is 10.0 Å². The number of carbonyl (C=O) groups is 1. The predicted molar refractivity (Wildman–Crippen MR) is 56.5 cm³/mol. The molecule has 1 rings (SSSR count). The van der Waals surface area contributed by atoms with Crippen LogP contribution in [0.1, 0.15) is 12.8 Å². The number of likely N-dealkylation sites (tertiary alicyclic amines) is 1. The molecule has 98 valence electrons. The molecule has 17 heavy (non-hydrogen) atoms. The lowest BCUT2D eigenvalue weighted by molar-refractivity contribution is -0.188. The van der Waals surface area contributed by atoms with Gasteiger partial charge in [-0.2, -0.15) is 13.2 Å². The number of nitrogens with zero attached hydrogens (tertiary/aromatic N) is 1. The molecule has 6 heteroatoms. The number of halogens is 3. The number of allylic oxidation sites excluding steroid dienone is 1. The molecule has 0 aromatic rings. The molecule has 0 unspecified atom stereocenters. The van der Waals surface area contributed by atoms with E-state index in [-0.39, 0.29) is 13.1 Å². The van der Waals surface area contributed by atoms with Gasteiger partial charge in [0.15, 0.2) is 0 Å². The summed E-state index contributed by atoms with van der Waals surface area (Å²) in [5.74, 6) is -4.44. The summed E-state index contributed by atoms with van der Waals surface area (Å²) in [6.45, 7) is 3.79. The number of carboxylic acids is 1. The fourth-order valence-electron chi connectivity index (χ4n) is 2.11. The van der Waals surface area contributed by atoms with E-state index in [1.807, 2.05) is 0 Å². The van der Waals surface area contributed by atoms with Crippen LogP contribution in [0.2, 0.25) is 0 Å². The largest absolute Gasteiger partial charge is 0.481 e. The summed E-state index contributed by atoms with van der Waals surface area (Å²) in [5.41, 5.74) is 0. The van der Waals surface area contributed by atoms with E-state index >= 15 is 0 Å². The molecule has 0 aliphatic carbocycles. The Kier molecular flexibility index (Phi) is 4.56. The van der Waals surface area contributed by atoms with Crippen LogP contribution in [-0.2, 0) is 4.79 Å². The average molecular weight is 251 g/mol. The SMILES string of the molecule is C=CCCCN1C[C@@H](C(F)(F)F)[C@H](C(=O)O)C1. The van der Waals surface area contributed by atoms with Crippen molar-refractivity contribution >= 4 is 5.97 Å². The van der Waals surface area contributed by atoms with Gasteiger partial charge in [-0.1, -0.05) is 6.08 Å². The zero-order valence-electron chi connectivity index (χ0n) is 9.41. The molecule has 1 aliphatic heterocycles. The smallest absolute Gasteiger partial charge is 0.393 e. The Balaban J connectivity index is 2.59. The maximum Gasteiger partial charge on any atom is 0.393 e. The van der Waals surface area contributed by atoms with Crippen LogP contribution in [0.25, 0.3) is 0 Å². The summed E-state index contributed by atoms with van der Waals surface area (Å²) in [6.07, 6.45) is -1.30. The summed E-state index contributed by atoms with van der Waals surface area (Å²) in [5, 5.41) is 8.79. The van der Waals surface area contributed by atoms with Crippen LogP contribution in [0, 0.1) is 11.8 Å². The monoisotopic (exact) mass is 251 g/mol. The normalized spacial score (nSPS) is 26.1. The highest BCUT2D eigenvalue weighted by molar-refractivity contribution is 5.71. The van der Waals surface area contributed by atoms with E-state index in [1.54, 1.807) is 11.0 Å². The van der Waals surface area contributed by atoms with Crippen LogP contribution in [0.5, 0.6) is 0 Å². The van der Waals surface area contributed by atoms with Crippen molar-refractivity contribution in [2.75, 3.05) is 19.6 Å². The minimum atomic E-state index is -4.43. The zero-order chi connectivity index (χ0) is 13.1. The molecule has 2 atom stereocenters. The Labute approximate surface area is 97.9 Å². The number of hydrogen-bond donors (Lipinski definition) is 1. The number of unbranched alkanes of at least 4 members (excludes halogenated alkanes) is 1. The van der Waals surface area contributed by atoms with Gasteiger partial charge in [0.1, 0.15) is 0 Å². The molecule has 1 heterocycles. The second-order valence-corrected chi connectivity index (χ2v) is 4.28. The molecule has 0 radical (unpaired) electrons. The minimum absolute atomic E-state index is 0.0172. The molecular weight excluding hydrogens is 235 g/mol. The molecule has 1 saturated heterocycles. The highest BCUT2D eigenvalue weighted by atomic mass is 19.4. The maximum absolute atomic E-state index is 12.6. The molecule has 0 spiro atoms. The van der Waals surface area contributed by atoms with Gasteiger partial charge in [-0.3, -0.25) is 4.79 Å². The lowest BCUT2D eigenvalue weighted by Gasteiger charge is -2.18. The molecule has 0 saturated carbocycles. The van der Waals surface area contributed by atoms with E-state index in [1.165, 1.54) is 0 Å². The van der Waals surface area contributed by atoms with Crippen LogP contribution >= 0.6 is 0 Å². The number of carboxylic acid groups (broad SMARTS) is 1. The molecule has 3 nitrogen and oxygen atoms in total.